The molecule has 30 heavy (non-hydrogen) atoms. The topological polar surface area (TPSA) is 62.1 Å². The van der Waals surface area contributed by atoms with E-state index in [0.717, 1.165) is 10.2 Å². The van der Waals surface area contributed by atoms with Crippen molar-refractivity contribution in [2.24, 2.45) is 4.99 Å². The molecule has 3 aromatic rings. The molecule has 1 aromatic heterocycles. The third-order valence-corrected chi connectivity index (χ3v) is 5.83. The molecule has 4 rings (SSSR count). The van der Waals surface area contributed by atoms with Gasteiger partial charge in [-0.1, -0.05) is 43.4 Å². The van der Waals surface area contributed by atoms with E-state index >= 15 is 0 Å². The van der Waals surface area contributed by atoms with Gasteiger partial charge in [-0.15, -0.1) is 6.58 Å². The molecule has 1 aliphatic heterocycles. The number of amides is 1. The first-order valence-electron chi connectivity index (χ1n) is 9.89. The van der Waals surface area contributed by atoms with Crippen LogP contribution in [-0.4, -0.2) is 30.3 Å². The Labute approximate surface area is 179 Å². The molecule has 1 amide bonds. The van der Waals surface area contributed by atoms with Crippen LogP contribution in [-0.2, 0) is 11.3 Å². The number of benzene rings is 2. The molecule has 7 heteroatoms. The number of carbonyl (C=O) groups is 1. The van der Waals surface area contributed by atoms with Gasteiger partial charge in [0.05, 0.1) is 10.2 Å². The summed E-state index contributed by atoms with van der Waals surface area (Å²) in [5, 5.41) is 0. The normalized spacial score (nSPS) is 13.6. The molecule has 0 unspecified atom stereocenters. The van der Waals surface area contributed by atoms with Crippen LogP contribution in [0.4, 0.5) is 0 Å². The first kappa shape index (κ1) is 20.2. The van der Waals surface area contributed by atoms with Gasteiger partial charge in [0, 0.05) is 18.7 Å². The highest BCUT2D eigenvalue weighted by molar-refractivity contribution is 7.16. The van der Waals surface area contributed by atoms with Gasteiger partial charge in [-0.3, -0.25) is 4.79 Å². The van der Waals surface area contributed by atoms with Crippen molar-refractivity contribution in [2.75, 3.05) is 19.8 Å². The highest BCUT2D eigenvalue weighted by Gasteiger charge is 2.16. The first-order valence-corrected chi connectivity index (χ1v) is 10.7. The van der Waals surface area contributed by atoms with Gasteiger partial charge in [-0.2, -0.15) is 4.99 Å². The van der Waals surface area contributed by atoms with Crippen LogP contribution < -0.4 is 19.0 Å². The van der Waals surface area contributed by atoms with E-state index in [2.05, 4.69) is 25.4 Å². The van der Waals surface area contributed by atoms with Crippen molar-refractivity contribution in [1.29, 1.82) is 0 Å². The summed E-state index contributed by atoms with van der Waals surface area (Å²) in [6, 6.07) is 11.6. The minimum absolute atomic E-state index is 0.119. The molecule has 0 saturated heterocycles. The van der Waals surface area contributed by atoms with Gasteiger partial charge in [0.1, 0.15) is 19.0 Å². The highest BCUT2D eigenvalue weighted by Crippen LogP contribution is 2.35. The average molecular weight is 425 g/mol. The average Bonchev–Trinajstić information content (AvgIpc) is 3.07. The zero-order chi connectivity index (χ0) is 21.1. The zero-order valence-electron chi connectivity index (χ0n) is 17.1. The van der Waals surface area contributed by atoms with Gasteiger partial charge in [0.15, 0.2) is 22.9 Å². The van der Waals surface area contributed by atoms with Gasteiger partial charge in [0.2, 0.25) is 0 Å². The Hall–Kier alpha value is -3.06. The predicted octanol–water partition coefficient (Wildman–Crippen LogP) is 4.29. The van der Waals surface area contributed by atoms with Crippen molar-refractivity contribution in [2.45, 2.75) is 26.3 Å². The molecule has 0 aliphatic carbocycles. The number of aromatic nitrogens is 1. The second kappa shape index (κ2) is 8.75. The molecule has 2 heterocycles. The number of rotatable bonds is 6. The molecule has 0 atom stereocenters. The summed E-state index contributed by atoms with van der Waals surface area (Å²) in [7, 11) is 0. The number of ether oxygens (including phenoxy) is 3. The van der Waals surface area contributed by atoms with E-state index in [4.69, 9.17) is 14.2 Å². The number of allylic oxidation sites excluding steroid dienone is 1. The summed E-state index contributed by atoms with van der Waals surface area (Å²) < 4.78 is 19.9. The molecule has 156 valence electrons. The quantitative estimate of drug-likeness (QED) is 0.554. The van der Waals surface area contributed by atoms with Crippen molar-refractivity contribution in [3.63, 3.8) is 0 Å². The molecule has 0 spiro atoms. The smallest absolute Gasteiger partial charge is 0.286 e. The van der Waals surface area contributed by atoms with E-state index in [1.807, 2.05) is 41.0 Å². The monoisotopic (exact) mass is 424 g/mol. The molecule has 6 nitrogen and oxygen atoms in total. The number of hydrogen-bond donors (Lipinski definition) is 0. The fourth-order valence-electron chi connectivity index (χ4n) is 3.23. The van der Waals surface area contributed by atoms with E-state index < -0.39 is 0 Å². The molecule has 0 bridgehead atoms. The van der Waals surface area contributed by atoms with Crippen molar-refractivity contribution in [3.05, 3.63) is 59.4 Å². The Bertz CT molecular complexity index is 1140. The zero-order valence-corrected chi connectivity index (χ0v) is 17.9. The number of carbonyl (C=O) groups excluding carboxylic acids is 1. The summed E-state index contributed by atoms with van der Waals surface area (Å²) in [6.45, 7) is 9.56. The Balaban J connectivity index is 1.58. The molecular formula is C23H24N2O4S. The van der Waals surface area contributed by atoms with E-state index in [-0.39, 0.29) is 12.5 Å². The van der Waals surface area contributed by atoms with E-state index in [1.54, 1.807) is 6.08 Å². The lowest BCUT2D eigenvalue weighted by atomic mass is 10.0. The summed E-state index contributed by atoms with van der Waals surface area (Å²) >= 11 is 1.43. The Kier molecular flexibility index (Phi) is 5.90. The summed E-state index contributed by atoms with van der Waals surface area (Å²) in [5.74, 6) is 2.18. The van der Waals surface area contributed by atoms with Crippen molar-refractivity contribution >= 4 is 27.5 Å². The Morgan fingerprint density at radius 1 is 1.23 bits per heavy atom. The van der Waals surface area contributed by atoms with E-state index in [9.17, 15) is 4.79 Å². The van der Waals surface area contributed by atoms with Crippen LogP contribution in [0, 0.1) is 0 Å². The predicted molar refractivity (Wildman–Crippen MR) is 118 cm³/mol. The Morgan fingerprint density at radius 2 is 1.93 bits per heavy atom. The maximum Gasteiger partial charge on any atom is 0.286 e. The van der Waals surface area contributed by atoms with Gasteiger partial charge >= 0.3 is 0 Å². The standard InChI is InChI=1S/C23H24N2O4S/c1-4-9-25-18-12-19-20(28-11-10-27-19)13-21(18)30-23(25)24-22(26)14-29-17-7-5-16(6-8-17)15(2)3/h4-8,12-13,15H,1,9-11,14H2,2-3H3. The fraction of sp³-hybridized carbons (Fsp3) is 0.304. The first-order chi connectivity index (χ1) is 14.5. The van der Waals surface area contributed by atoms with Gasteiger partial charge in [0.25, 0.3) is 5.91 Å². The second-order valence-electron chi connectivity index (χ2n) is 7.27. The third-order valence-electron chi connectivity index (χ3n) is 4.79. The second-order valence-corrected chi connectivity index (χ2v) is 8.27. The summed E-state index contributed by atoms with van der Waals surface area (Å²) in [6.07, 6.45) is 1.78. The van der Waals surface area contributed by atoms with Crippen LogP contribution in [0.5, 0.6) is 17.2 Å². The molecule has 0 N–H and O–H groups in total. The minimum atomic E-state index is -0.343. The van der Waals surface area contributed by atoms with Crippen LogP contribution in [0.15, 0.2) is 54.0 Å². The molecule has 1 aliphatic rings. The van der Waals surface area contributed by atoms with Gasteiger partial charge in [-0.05, 0) is 23.6 Å². The summed E-state index contributed by atoms with van der Waals surface area (Å²) in [5.41, 5.74) is 2.16. The van der Waals surface area contributed by atoms with Crippen molar-refractivity contribution in [1.82, 2.24) is 4.57 Å². The van der Waals surface area contributed by atoms with E-state index in [1.165, 1.54) is 16.9 Å². The largest absolute Gasteiger partial charge is 0.486 e. The molecule has 2 aromatic carbocycles. The van der Waals surface area contributed by atoms with Gasteiger partial charge < -0.3 is 18.8 Å². The fourth-order valence-corrected chi connectivity index (χ4v) is 4.30. The highest BCUT2D eigenvalue weighted by atomic mass is 32.1. The number of hydrogen-bond acceptors (Lipinski definition) is 5. The third kappa shape index (κ3) is 4.26. The summed E-state index contributed by atoms with van der Waals surface area (Å²) in [4.78, 5) is 17.4. The number of fused-ring (bicyclic) bond motifs is 2. The van der Waals surface area contributed by atoms with Crippen molar-refractivity contribution in [3.8, 4) is 17.2 Å². The maximum atomic E-state index is 12.5. The van der Waals surface area contributed by atoms with Crippen molar-refractivity contribution < 1.29 is 19.0 Å². The lowest BCUT2D eigenvalue weighted by Crippen LogP contribution is -2.19. The van der Waals surface area contributed by atoms with Crippen LogP contribution in [0.3, 0.4) is 0 Å². The van der Waals surface area contributed by atoms with Crippen LogP contribution >= 0.6 is 11.3 Å². The Morgan fingerprint density at radius 3 is 2.60 bits per heavy atom. The lowest BCUT2D eigenvalue weighted by Gasteiger charge is -2.18. The van der Waals surface area contributed by atoms with Crippen LogP contribution in [0.1, 0.15) is 25.3 Å². The van der Waals surface area contributed by atoms with E-state index in [0.29, 0.717) is 47.7 Å². The molecule has 0 fully saturated rings. The lowest BCUT2D eigenvalue weighted by molar-refractivity contribution is -0.120. The molecular weight excluding hydrogens is 400 g/mol. The van der Waals surface area contributed by atoms with Crippen LogP contribution in [0.25, 0.3) is 10.2 Å². The SMILES string of the molecule is C=CCn1c(=NC(=O)COc2ccc(C(C)C)cc2)sc2cc3c(cc21)OCCO3. The molecule has 0 radical (unpaired) electrons. The van der Waals surface area contributed by atoms with Gasteiger partial charge in [-0.25, -0.2) is 0 Å². The molecule has 0 saturated carbocycles. The maximum absolute atomic E-state index is 12.5. The number of nitrogens with zero attached hydrogens (tertiary/aromatic N) is 2. The number of thiazole rings is 1. The van der Waals surface area contributed by atoms with Crippen LogP contribution in [0.2, 0.25) is 0 Å². The minimum Gasteiger partial charge on any atom is -0.486 e.